The third kappa shape index (κ3) is 5.22. The van der Waals surface area contributed by atoms with Crippen LogP contribution in [0.2, 0.25) is 0 Å². The van der Waals surface area contributed by atoms with Gasteiger partial charge in [-0.05, 0) is 24.0 Å². The molecule has 0 radical (unpaired) electrons. The molecule has 2 heterocycles. The monoisotopic (exact) mass is 433 g/mol. The molecule has 0 spiro atoms. The van der Waals surface area contributed by atoms with Gasteiger partial charge in [0.25, 0.3) is 0 Å². The first kappa shape index (κ1) is 21.3. The molecule has 2 aromatic heterocycles. The second-order valence-electron chi connectivity index (χ2n) is 8.01. The third-order valence-electron chi connectivity index (χ3n) is 5.02. The van der Waals surface area contributed by atoms with E-state index in [0.29, 0.717) is 17.5 Å². The van der Waals surface area contributed by atoms with Gasteiger partial charge in [-0.15, -0.1) is 10.2 Å². The van der Waals surface area contributed by atoms with E-state index in [1.54, 1.807) is 11.8 Å². The Morgan fingerprint density at radius 3 is 2.65 bits per heavy atom. The Morgan fingerprint density at radius 2 is 1.84 bits per heavy atom. The van der Waals surface area contributed by atoms with Gasteiger partial charge in [0.15, 0.2) is 5.65 Å². The highest BCUT2D eigenvalue weighted by atomic mass is 32.2. The molecule has 1 amide bonds. The van der Waals surface area contributed by atoms with Crippen LogP contribution < -0.4 is 5.32 Å². The molecule has 4 aromatic rings. The fourth-order valence-electron chi connectivity index (χ4n) is 3.48. The van der Waals surface area contributed by atoms with E-state index < -0.39 is 0 Å². The number of rotatable bonds is 9. The van der Waals surface area contributed by atoms with E-state index in [1.165, 1.54) is 5.56 Å². The van der Waals surface area contributed by atoms with Crippen molar-refractivity contribution < 1.29 is 4.79 Å². The number of aromatic nitrogens is 4. The number of amides is 1. The van der Waals surface area contributed by atoms with Crippen molar-refractivity contribution in [1.82, 2.24) is 25.1 Å². The van der Waals surface area contributed by atoms with Crippen LogP contribution in [0.25, 0.3) is 22.1 Å². The largest absolute Gasteiger partial charge is 0.356 e. The maximum atomic E-state index is 11.9. The van der Waals surface area contributed by atoms with E-state index in [4.69, 9.17) is 4.98 Å². The lowest BCUT2D eigenvalue weighted by molar-refractivity contribution is -0.121. The molecule has 6 nitrogen and oxygen atoms in total. The van der Waals surface area contributed by atoms with Gasteiger partial charge in [-0.25, -0.2) is 4.98 Å². The Balaban J connectivity index is 1.51. The van der Waals surface area contributed by atoms with Crippen molar-refractivity contribution in [3.8, 4) is 0 Å². The molecule has 160 valence electrons. The molecular weight excluding hydrogens is 406 g/mol. The Bertz CT molecular complexity index is 1170. The highest BCUT2D eigenvalue weighted by Gasteiger charge is 2.15. The summed E-state index contributed by atoms with van der Waals surface area (Å²) in [6, 6.07) is 18.6. The normalized spacial score (nSPS) is 11.5. The van der Waals surface area contributed by atoms with Crippen LogP contribution in [0, 0.1) is 5.92 Å². The molecule has 7 heteroatoms. The summed E-state index contributed by atoms with van der Waals surface area (Å²) in [5.74, 6) is 1.35. The minimum Gasteiger partial charge on any atom is -0.356 e. The molecule has 0 aliphatic heterocycles. The molecule has 0 aliphatic rings. The minimum absolute atomic E-state index is 0.104. The average Bonchev–Trinajstić information content (AvgIpc) is 3.09. The lowest BCUT2D eigenvalue weighted by Crippen LogP contribution is -2.27. The number of thioether (sulfide) groups is 1. The predicted molar refractivity (Wildman–Crippen MR) is 126 cm³/mol. The van der Waals surface area contributed by atoms with Crippen LogP contribution in [0.1, 0.15) is 32.3 Å². The Morgan fingerprint density at radius 1 is 1.06 bits per heavy atom. The van der Waals surface area contributed by atoms with Gasteiger partial charge in [-0.1, -0.05) is 74.1 Å². The molecule has 0 bridgehead atoms. The van der Waals surface area contributed by atoms with E-state index in [1.807, 2.05) is 18.2 Å². The lowest BCUT2D eigenvalue weighted by Gasteiger charge is -2.08. The van der Waals surface area contributed by atoms with Crippen LogP contribution in [0.3, 0.4) is 0 Å². The van der Waals surface area contributed by atoms with E-state index in [9.17, 15) is 4.79 Å². The summed E-state index contributed by atoms with van der Waals surface area (Å²) in [6.45, 7) is 5.63. The molecule has 1 N–H and O–H groups in total. The number of hydrogen-bond acceptors (Lipinski definition) is 5. The first-order valence-corrected chi connectivity index (χ1v) is 11.7. The molecule has 0 saturated heterocycles. The second-order valence-corrected chi connectivity index (χ2v) is 9.07. The van der Waals surface area contributed by atoms with Gasteiger partial charge >= 0.3 is 0 Å². The zero-order valence-electron chi connectivity index (χ0n) is 17.9. The van der Waals surface area contributed by atoms with Crippen LogP contribution >= 0.6 is 11.8 Å². The number of hydrogen-bond donors (Lipinski definition) is 1. The van der Waals surface area contributed by atoms with E-state index in [2.05, 4.69) is 70.3 Å². The second kappa shape index (κ2) is 9.92. The summed E-state index contributed by atoms with van der Waals surface area (Å²) in [7, 11) is 0. The average molecular weight is 434 g/mol. The highest BCUT2D eigenvalue weighted by Crippen LogP contribution is 2.28. The highest BCUT2D eigenvalue weighted by molar-refractivity contribution is 7.99. The zero-order valence-corrected chi connectivity index (χ0v) is 18.7. The van der Waals surface area contributed by atoms with Gasteiger partial charge < -0.3 is 9.88 Å². The molecule has 0 fully saturated rings. The van der Waals surface area contributed by atoms with Gasteiger partial charge in [0.05, 0.1) is 5.52 Å². The van der Waals surface area contributed by atoms with Crippen LogP contribution in [0.15, 0.2) is 59.8 Å². The molecule has 0 saturated carbocycles. The fraction of sp³-hybridized carbons (Fsp3) is 0.333. The molecule has 2 aromatic carbocycles. The van der Waals surface area contributed by atoms with Gasteiger partial charge in [-0.3, -0.25) is 4.79 Å². The number of benzene rings is 2. The van der Waals surface area contributed by atoms with Gasteiger partial charge in [0, 0.05) is 30.6 Å². The summed E-state index contributed by atoms with van der Waals surface area (Å²) in [4.78, 5) is 16.7. The number of fused-ring (bicyclic) bond motifs is 3. The first-order chi connectivity index (χ1) is 15.1. The topological polar surface area (TPSA) is 72.7 Å². The summed E-state index contributed by atoms with van der Waals surface area (Å²) in [6.07, 6.45) is 1.30. The molecule has 0 atom stereocenters. The number of para-hydroxylation sites is 1. The van der Waals surface area contributed by atoms with E-state index >= 15 is 0 Å². The van der Waals surface area contributed by atoms with Gasteiger partial charge in [-0.2, -0.15) is 0 Å². The van der Waals surface area contributed by atoms with Crippen molar-refractivity contribution in [2.24, 2.45) is 5.92 Å². The smallest absolute Gasteiger partial charge is 0.220 e. The predicted octanol–water partition coefficient (Wildman–Crippen LogP) is 4.67. The summed E-state index contributed by atoms with van der Waals surface area (Å²) in [5, 5.41) is 13.5. The summed E-state index contributed by atoms with van der Waals surface area (Å²) < 4.78 is 2.21. The third-order valence-corrected chi connectivity index (χ3v) is 5.95. The molecule has 31 heavy (non-hydrogen) atoms. The van der Waals surface area contributed by atoms with Crippen molar-refractivity contribution in [1.29, 1.82) is 0 Å². The van der Waals surface area contributed by atoms with Crippen LogP contribution in [0.5, 0.6) is 0 Å². The maximum absolute atomic E-state index is 11.9. The maximum Gasteiger partial charge on any atom is 0.220 e. The number of carbonyl (C=O) groups is 1. The Hall–Kier alpha value is -2.93. The minimum atomic E-state index is 0.104. The first-order valence-electron chi connectivity index (χ1n) is 10.7. The Labute approximate surface area is 186 Å². The zero-order chi connectivity index (χ0) is 21.6. The fourth-order valence-corrected chi connectivity index (χ4v) is 4.20. The van der Waals surface area contributed by atoms with Gasteiger partial charge in [0.2, 0.25) is 11.1 Å². The van der Waals surface area contributed by atoms with Crippen LogP contribution in [0.4, 0.5) is 0 Å². The lowest BCUT2D eigenvalue weighted by atomic mass is 10.2. The Kier molecular flexibility index (Phi) is 6.82. The quantitative estimate of drug-likeness (QED) is 0.307. The van der Waals surface area contributed by atoms with Gasteiger partial charge in [0.1, 0.15) is 5.52 Å². The molecular formula is C24H27N5OS. The van der Waals surface area contributed by atoms with E-state index in [-0.39, 0.29) is 5.91 Å². The summed E-state index contributed by atoms with van der Waals surface area (Å²) in [5.41, 5.74) is 3.98. The van der Waals surface area contributed by atoms with Crippen molar-refractivity contribution in [3.05, 3.63) is 60.2 Å². The number of nitrogens with one attached hydrogen (secondary N) is 1. The molecule has 0 unspecified atom stereocenters. The SMILES string of the molecule is CC(C)CNC(=O)CCCSc1nnc2c3ccccc3n(Cc3ccccc3)c2n1. The summed E-state index contributed by atoms with van der Waals surface area (Å²) >= 11 is 1.55. The van der Waals surface area contributed by atoms with Crippen molar-refractivity contribution in [3.63, 3.8) is 0 Å². The van der Waals surface area contributed by atoms with Crippen LogP contribution in [-0.4, -0.2) is 38.0 Å². The number of nitrogens with zero attached hydrogens (tertiary/aromatic N) is 4. The van der Waals surface area contributed by atoms with Crippen molar-refractivity contribution in [2.45, 2.75) is 38.4 Å². The number of carbonyl (C=O) groups excluding carboxylic acids is 1. The van der Waals surface area contributed by atoms with Crippen molar-refractivity contribution in [2.75, 3.05) is 12.3 Å². The van der Waals surface area contributed by atoms with E-state index in [0.717, 1.165) is 47.3 Å². The molecule has 4 rings (SSSR count). The standard InChI is InChI=1S/C24H27N5OS/c1-17(2)15-25-21(30)13-8-14-31-24-26-23-22(27-28-24)19-11-6-7-12-20(19)29(23)16-18-9-4-3-5-10-18/h3-7,9-12,17H,8,13-16H2,1-2H3,(H,25,30). The molecule has 0 aliphatic carbocycles. The van der Waals surface area contributed by atoms with Crippen molar-refractivity contribution >= 4 is 39.7 Å². The van der Waals surface area contributed by atoms with Crippen LogP contribution in [-0.2, 0) is 11.3 Å².